The molecule has 2 amide bonds. The molecule has 0 unspecified atom stereocenters. The van der Waals surface area contributed by atoms with Crippen LogP contribution in [0.3, 0.4) is 0 Å². The fraction of sp³-hybridized carbons (Fsp3) is 0.542. The zero-order chi connectivity index (χ0) is 27.7. The van der Waals surface area contributed by atoms with E-state index in [0.717, 1.165) is 21.8 Å². The number of amides is 2. The fourth-order valence-electron chi connectivity index (χ4n) is 3.35. The maximum Gasteiger partial charge on any atom is 0.416 e. The van der Waals surface area contributed by atoms with E-state index in [-0.39, 0.29) is 23.7 Å². The Labute approximate surface area is 228 Å². The van der Waals surface area contributed by atoms with Crippen LogP contribution in [-0.4, -0.2) is 44.4 Å². The van der Waals surface area contributed by atoms with E-state index < -0.39 is 29.3 Å². The second kappa shape index (κ2) is 11.0. The first-order valence-corrected chi connectivity index (χ1v) is 13.7. The van der Waals surface area contributed by atoms with E-state index in [1.165, 1.54) is 21.6 Å². The SMILES string of the molecule is Cc1c(C[C@H](C)NC(=O)OC(C)(C)C)sc2c(N(Cc3nc(F)cs3)C(=O)OC(C)(C)C)nc(Cl)nc12. The molecular weight excluding hydrogens is 541 g/mol. The van der Waals surface area contributed by atoms with Crippen LogP contribution in [0.2, 0.25) is 5.28 Å². The van der Waals surface area contributed by atoms with E-state index in [9.17, 15) is 14.0 Å². The summed E-state index contributed by atoms with van der Waals surface area (Å²) in [6.45, 7) is 14.4. The maximum absolute atomic E-state index is 13.6. The predicted octanol–water partition coefficient (Wildman–Crippen LogP) is 6.65. The van der Waals surface area contributed by atoms with E-state index >= 15 is 0 Å². The summed E-state index contributed by atoms with van der Waals surface area (Å²) >= 11 is 8.76. The number of hydrogen-bond acceptors (Lipinski definition) is 9. The Hall–Kier alpha value is -2.57. The number of aromatic nitrogens is 3. The van der Waals surface area contributed by atoms with Gasteiger partial charge in [0.1, 0.15) is 16.2 Å². The number of hydrogen-bond donors (Lipinski definition) is 1. The monoisotopic (exact) mass is 571 g/mol. The average Bonchev–Trinajstić information content (AvgIpc) is 3.26. The van der Waals surface area contributed by atoms with Crippen LogP contribution in [-0.2, 0) is 22.4 Å². The molecule has 202 valence electrons. The van der Waals surface area contributed by atoms with Crippen molar-refractivity contribution in [1.82, 2.24) is 20.3 Å². The summed E-state index contributed by atoms with van der Waals surface area (Å²) in [6, 6.07) is -0.242. The molecule has 3 heterocycles. The Morgan fingerprint density at radius 1 is 1.14 bits per heavy atom. The Morgan fingerprint density at radius 3 is 2.35 bits per heavy atom. The maximum atomic E-state index is 13.6. The van der Waals surface area contributed by atoms with Gasteiger partial charge in [0.2, 0.25) is 11.2 Å². The summed E-state index contributed by atoms with van der Waals surface area (Å²) in [7, 11) is 0. The lowest BCUT2D eigenvalue weighted by Gasteiger charge is -2.26. The van der Waals surface area contributed by atoms with Crippen molar-refractivity contribution in [1.29, 1.82) is 0 Å². The highest BCUT2D eigenvalue weighted by atomic mass is 35.5. The van der Waals surface area contributed by atoms with Crippen LogP contribution in [0.5, 0.6) is 0 Å². The van der Waals surface area contributed by atoms with Gasteiger partial charge in [-0.15, -0.1) is 22.7 Å². The van der Waals surface area contributed by atoms with Crippen molar-refractivity contribution in [2.45, 2.75) is 85.6 Å². The smallest absolute Gasteiger partial charge is 0.416 e. The first-order chi connectivity index (χ1) is 17.0. The number of nitrogens with one attached hydrogen (secondary N) is 1. The van der Waals surface area contributed by atoms with E-state index in [2.05, 4.69) is 20.3 Å². The van der Waals surface area contributed by atoms with E-state index in [4.69, 9.17) is 21.1 Å². The molecule has 0 saturated carbocycles. The van der Waals surface area contributed by atoms with Crippen molar-refractivity contribution in [3.8, 4) is 0 Å². The van der Waals surface area contributed by atoms with Crippen molar-refractivity contribution in [3.63, 3.8) is 0 Å². The van der Waals surface area contributed by atoms with Crippen LogP contribution in [0.15, 0.2) is 5.38 Å². The molecule has 0 radical (unpaired) electrons. The summed E-state index contributed by atoms with van der Waals surface area (Å²) in [5, 5.41) is 4.43. The fourth-order valence-corrected chi connectivity index (χ4v) is 5.51. The number of thiophene rings is 1. The summed E-state index contributed by atoms with van der Waals surface area (Å²) in [5.41, 5.74) is 0.0501. The van der Waals surface area contributed by atoms with Gasteiger partial charge in [0.25, 0.3) is 0 Å². The number of fused-ring (bicyclic) bond motifs is 1. The van der Waals surface area contributed by atoms with Crippen molar-refractivity contribution < 1.29 is 23.5 Å². The molecular formula is C24H31ClFN5O4S2. The molecule has 13 heteroatoms. The number of thiazole rings is 1. The number of ether oxygens (including phenoxy) is 2. The molecule has 3 aromatic rings. The second-order valence-corrected chi connectivity index (χ2v) is 12.9. The Balaban J connectivity index is 1.99. The molecule has 0 aliphatic carbocycles. The van der Waals surface area contributed by atoms with Crippen LogP contribution in [0.4, 0.5) is 19.8 Å². The van der Waals surface area contributed by atoms with E-state index in [1.807, 2.05) is 13.8 Å². The van der Waals surface area contributed by atoms with Crippen LogP contribution < -0.4 is 10.2 Å². The summed E-state index contributed by atoms with van der Waals surface area (Å²) in [5.74, 6) is -0.386. The minimum Gasteiger partial charge on any atom is -0.444 e. The van der Waals surface area contributed by atoms with Crippen molar-refractivity contribution in [2.75, 3.05) is 4.90 Å². The quantitative estimate of drug-likeness (QED) is 0.330. The normalized spacial score (nSPS) is 12.9. The molecule has 1 N–H and O–H groups in total. The van der Waals surface area contributed by atoms with Gasteiger partial charge < -0.3 is 14.8 Å². The molecule has 0 bridgehead atoms. The standard InChI is InChI=1S/C24H31ClFN5O4S2/c1-12(27-21(32)34-23(3,4)5)9-14-13(2)17-18(37-14)19(30-20(25)29-17)31(22(33)35-24(6,7)8)10-16-28-15(26)11-36-16/h11-12H,9-10H2,1-8H3,(H,27,32)/t12-/m0/s1. The van der Waals surface area contributed by atoms with Crippen molar-refractivity contribution >= 4 is 62.5 Å². The highest BCUT2D eigenvalue weighted by molar-refractivity contribution is 7.19. The molecule has 0 fully saturated rings. The van der Waals surface area contributed by atoms with E-state index in [1.54, 1.807) is 41.5 Å². The van der Waals surface area contributed by atoms with Gasteiger partial charge in [0.15, 0.2) is 5.82 Å². The second-order valence-electron chi connectivity index (χ2n) is 10.5. The predicted molar refractivity (Wildman–Crippen MR) is 144 cm³/mol. The van der Waals surface area contributed by atoms with Gasteiger partial charge in [0.05, 0.1) is 16.8 Å². The van der Waals surface area contributed by atoms with E-state index in [0.29, 0.717) is 21.6 Å². The Bertz CT molecular complexity index is 1300. The van der Waals surface area contributed by atoms with Gasteiger partial charge in [-0.2, -0.15) is 9.37 Å². The van der Waals surface area contributed by atoms with Crippen molar-refractivity contribution in [2.24, 2.45) is 0 Å². The van der Waals surface area contributed by atoms with Crippen LogP contribution >= 0.6 is 34.3 Å². The highest BCUT2D eigenvalue weighted by Crippen LogP contribution is 2.38. The third-order valence-corrected chi connectivity index (χ3v) is 7.03. The average molecular weight is 572 g/mol. The molecule has 0 aliphatic heterocycles. The Kier molecular flexibility index (Phi) is 8.65. The van der Waals surface area contributed by atoms with Crippen LogP contribution in [0.25, 0.3) is 10.2 Å². The number of halogens is 2. The van der Waals surface area contributed by atoms with Crippen molar-refractivity contribution in [3.05, 3.63) is 32.1 Å². The first kappa shape index (κ1) is 29.0. The minimum atomic E-state index is -0.779. The molecule has 3 aromatic heterocycles. The first-order valence-electron chi connectivity index (χ1n) is 11.6. The zero-order valence-electron chi connectivity index (χ0n) is 22.1. The molecule has 0 spiro atoms. The number of aryl methyl sites for hydroxylation is 1. The van der Waals surface area contributed by atoms with Gasteiger partial charge in [0, 0.05) is 22.7 Å². The molecule has 1 atom stereocenters. The summed E-state index contributed by atoms with van der Waals surface area (Å²) in [4.78, 5) is 40.3. The van der Waals surface area contributed by atoms with Gasteiger partial charge in [-0.05, 0) is 72.6 Å². The molecule has 9 nitrogen and oxygen atoms in total. The Morgan fingerprint density at radius 2 is 1.78 bits per heavy atom. The van der Waals surface area contributed by atoms with Crippen LogP contribution in [0.1, 0.15) is 63.9 Å². The summed E-state index contributed by atoms with van der Waals surface area (Å²) < 4.78 is 25.2. The third-order valence-electron chi connectivity index (χ3n) is 4.76. The largest absolute Gasteiger partial charge is 0.444 e. The number of alkyl carbamates (subject to hydrolysis) is 1. The molecule has 3 rings (SSSR count). The summed E-state index contributed by atoms with van der Waals surface area (Å²) in [6.07, 6.45) is -0.686. The number of carbonyl (C=O) groups is 2. The number of anilines is 1. The minimum absolute atomic E-state index is 0.0474. The third kappa shape index (κ3) is 7.96. The highest BCUT2D eigenvalue weighted by Gasteiger charge is 2.29. The molecule has 0 saturated heterocycles. The topological polar surface area (TPSA) is 107 Å². The number of carbonyl (C=O) groups excluding carboxylic acids is 2. The lowest BCUT2D eigenvalue weighted by Crippen LogP contribution is -2.38. The van der Waals surface area contributed by atoms with Gasteiger partial charge >= 0.3 is 12.2 Å². The van der Waals surface area contributed by atoms with Gasteiger partial charge in [-0.3, -0.25) is 4.90 Å². The van der Waals surface area contributed by atoms with Gasteiger partial charge in [-0.25, -0.2) is 19.6 Å². The molecule has 0 aromatic carbocycles. The molecule has 37 heavy (non-hydrogen) atoms. The lowest BCUT2D eigenvalue weighted by molar-refractivity contribution is 0.0507. The van der Waals surface area contributed by atoms with Crippen LogP contribution in [0, 0.1) is 12.9 Å². The zero-order valence-corrected chi connectivity index (χ0v) is 24.5. The van der Waals surface area contributed by atoms with Gasteiger partial charge in [-0.1, -0.05) is 0 Å². The molecule has 0 aliphatic rings. The lowest BCUT2D eigenvalue weighted by atomic mass is 10.1. The number of rotatable bonds is 6. The number of nitrogens with zero attached hydrogens (tertiary/aromatic N) is 4.